The van der Waals surface area contributed by atoms with Crippen molar-refractivity contribution in [2.75, 3.05) is 13.2 Å². The van der Waals surface area contributed by atoms with Gasteiger partial charge in [0.15, 0.2) is 23.6 Å². The molecular weight excluding hydrogens is 578 g/mol. The largest absolute Gasteiger partial charge is 0.507 e. The molecule has 0 saturated heterocycles. The molecule has 1 aromatic heterocycles. The fourth-order valence-corrected chi connectivity index (χ4v) is 4.94. The number of esters is 1. The van der Waals surface area contributed by atoms with Crippen LogP contribution < -0.4 is 4.74 Å². The van der Waals surface area contributed by atoms with E-state index in [4.69, 9.17) is 24.4 Å². The molecule has 0 spiro atoms. The number of ether oxygens (including phenoxy) is 2. The predicted octanol–water partition coefficient (Wildman–Crippen LogP) is 7.22. The summed E-state index contributed by atoms with van der Waals surface area (Å²) in [4.78, 5) is 25.5. The van der Waals surface area contributed by atoms with Crippen LogP contribution >= 0.6 is 0 Å². The summed E-state index contributed by atoms with van der Waals surface area (Å²) in [5.74, 6) is 0.869. The average molecular weight is 610 g/mol. The van der Waals surface area contributed by atoms with Gasteiger partial charge in [-0.05, 0) is 34.4 Å². The first kappa shape index (κ1) is 30.2. The Morgan fingerprint density at radius 3 is 1.54 bits per heavy atom. The van der Waals surface area contributed by atoms with Gasteiger partial charge in [-0.25, -0.2) is 15.0 Å². The van der Waals surface area contributed by atoms with Crippen LogP contribution in [0.15, 0.2) is 127 Å². The molecule has 1 unspecified atom stereocenters. The van der Waals surface area contributed by atoms with Crippen LogP contribution in [0, 0.1) is 0 Å². The maximum absolute atomic E-state index is 11.2. The fraction of sp³-hybridized carbons (Fsp3) is 0.105. The highest BCUT2D eigenvalue weighted by atomic mass is 16.6. The lowest BCUT2D eigenvalue weighted by molar-refractivity contribution is -0.143. The second-order valence-electron chi connectivity index (χ2n) is 10.6. The van der Waals surface area contributed by atoms with Crippen molar-refractivity contribution in [2.24, 2.45) is 0 Å². The van der Waals surface area contributed by atoms with E-state index >= 15 is 0 Å². The van der Waals surface area contributed by atoms with Crippen molar-refractivity contribution in [1.29, 1.82) is 0 Å². The Morgan fingerprint density at radius 1 is 0.630 bits per heavy atom. The molecule has 6 aromatic rings. The Balaban J connectivity index is 1.37. The van der Waals surface area contributed by atoms with Crippen LogP contribution in [0.1, 0.15) is 6.92 Å². The molecule has 0 bridgehead atoms. The smallest absolute Gasteiger partial charge is 0.302 e. The van der Waals surface area contributed by atoms with Crippen molar-refractivity contribution in [3.63, 3.8) is 0 Å². The standard InChI is InChI=1S/C38H31N3O5/c1-25(43)45-24-33(23-42)46-32-20-21-34(35(44)22-32)38-40-36(30-16-12-28(13-17-30)26-8-4-2-5-9-26)39-37(41-38)31-18-14-29(15-19-31)27-10-6-3-7-11-27/h2-22,33,42,44H,23-24H2,1H3. The molecule has 0 amide bonds. The van der Waals surface area contributed by atoms with Gasteiger partial charge in [0.1, 0.15) is 18.1 Å². The first-order chi connectivity index (χ1) is 22.5. The van der Waals surface area contributed by atoms with E-state index in [0.29, 0.717) is 17.2 Å². The van der Waals surface area contributed by atoms with Gasteiger partial charge in [0.2, 0.25) is 0 Å². The normalized spacial score (nSPS) is 11.5. The van der Waals surface area contributed by atoms with Crippen LogP contribution in [0.2, 0.25) is 0 Å². The molecule has 5 aromatic carbocycles. The maximum atomic E-state index is 11.2. The summed E-state index contributed by atoms with van der Waals surface area (Å²) in [6.07, 6.45) is -0.790. The Kier molecular flexibility index (Phi) is 9.08. The quantitative estimate of drug-likeness (QED) is 0.157. The molecule has 0 fully saturated rings. The number of carbonyl (C=O) groups is 1. The minimum absolute atomic E-state index is 0.122. The molecule has 0 radical (unpaired) electrons. The first-order valence-corrected chi connectivity index (χ1v) is 14.8. The van der Waals surface area contributed by atoms with Crippen molar-refractivity contribution in [1.82, 2.24) is 15.0 Å². The molecule has 0 saturated carbocycles. The lowest BCUT2D eigenvalue weighted by Crippen LogP contribution is -2.28. The van der Waals surface area contributed by atoms with E-state index in [1.807, 2.05) is 84.9 Å². The van der Waals surface area contributed by atoms with Crippen molar-refractivity contribution in [3.8, 4) is 67.9 Å². The van der Waals surface area contributed by atoms with Gasteiger partial charge in [0.25, 0.3) is 0 Å². The van der Waals surface area contributed by atoms with E-state index in [1.165, 1.54) is 13.0 Å². The predicted molar refractivity (Wildman–Crippen MR) is 177 cm³/mol. The van der Waals surface area contributed by atoms with Crippen molar-refractivity contribution in [3.05, 3.63) is 127 Å². The summed E-state index contributed by atoms with van der Waals surface area (Å²) in [6, 6.07) is 40.9. The highest BCUT2D eigenvalue weighted by Gasteiger charge is 2.17. The Hall–Kier alpha value is -5.86. The second kappa shape index (κ2) is 13.8. The Bertz CT molecular complexity index is 1830. The van der Waals surface area contributed by atoms with Crippen LogP contribution in [-0.4, -0.2) is 50.5 Å². The lowest BCUT2D eigenvalue weighted by Gasteiger charge is -2.17. The highest BCUT2D eigenvalue weighted by molar-refractivity contribution is 5.73. The zero-order valence-electron chi connectivity index (χ0n) is 25.1. The molecule has 0 aliphatic heterocycles. The number of rotatable bonds is 10. The van der Waals surface area contributed by atoms with Gasteiger partial charge in [-0.2, -0.15) is 0 Å². The highest BCUT2D eigenvalue weighted by Crippen LogP contribution is 2.34. The molecular formula is C38H31N3O5. The van der Waals surface area contributed by atoms with Crippen molar-refractivity contribution in [2.45, 2.75) is 13.0 Å². The van der Waals surface area contributed by atoms with Gasteiger partial charge < -0.3 is 19.7 Å². The third kappa shape index (κ3) is 7.09. The number of aromatic nitrogens is 3. The second-order valence-corrected chi connectivity index (χ2v) is 10.6. The number of nitrogens with zero attached hydrogens (tertiary/aromatic N) is 3. The van der Waals surface area contributed by atoms with Gasteiger partial charge in [0, 0.05) is 24.1 Å². The van der Waals surface area contributed by atoms with E-state index in [2.05, 4.69) is 24.3 Å². The maximum Gasteiger partial charge on any atom is 0.302 e. The van der Waals surface area contributed by atoms with Crippen LogP contribution in [0.25, 0.3) is 56.4 Å². The van der Waals surface area contributed by atoms with Crippen LogP contribution in [0.5, 0.6) is 11.5 Å². The van der Waals surface area contributed by atoms with E-state index in [0.717, 1.165) is 33.4 Å². The first-order valence-electron chi connectivity index (χ1n) is 14.8. The molecule has 8 heteroatoms. The molecule has 1 heterocycles. The third-order valence-corrected chi connectivity index (χ3v) is 7.32. The summed E-state index contributed by atoms with van der Waals surface area (Å²) < 4.78 is 10.7. The van der Waals surface area contributed by atoms with Crippen molar-refractivity contribution >= 4 is 5.97 Å². The summed E-state index contributed by atoms with van der Waals surface area (Å²) in [5, 5.41) is 20.7. The number of aliphatic hydroxyl groups excluding tert-OH is 1. The van der Waals surface area contributed by atoms with Crippen LogP contribution in [-0.2, 0) is 9.53 Å². The van der Waals surface area contributed by atoms with E-state index < -0.39 is 12.1 Å². The summed E-state index contributed by atoms with van der Waals surface area (Å²) in [6.45, 7) is 0.782. The molecule has 8 nitrogen and oxygen atoms in total. The topological polar surface area (TPSA) is 115 Å². The summed E-state index contributed by atoms with van der Waals surface area (Å²) >= 11 is 0. The minimum atomic E-state index is -0.790. The summed E-state index contributed by atoms with van der Waals surface area (Å²) in [5.41, 5.74) is 6.31. The van der Waals surface area contributed by atoms with E-state index in [9.17, 15) is 15.0 Å². The van der Waals surface area contributed by atoms with E-state index in [-0.39, 0.29) is 30.5 Å². The van der Waals surface area contributed by atoms with Gasteiger partial charge in [-0.3, -0.25) is 4.79 Å². The van der Waals surface area contributed by atoms with Gasteiger partial charge in [-0.1, -0.05) is 109 Å². The van der Waals surface area contributed by atoms with Crippen molar-refractivity contribution < 1.29 is 24.5 Å². The monoisotopic (exact) mass is 609 g/mol. The minimum Gasteiger partial charge on any atom is -0.507 e. The van der Waals surface area contributed by atoms with Crippen LogP contribution in [0.3, 0.4) is 0 Å². The molecule has 2 N–H and O–H groups in total. The number of aliphatic hydroxyl groups is 1. The lowest BCUT2D eigenvalue weighted by atomic mass is 10.0. The summed E-state index contributed by atoms with van der Waals surface area (Å²) in [7, 11) is 0. The number of hydrogen-bond donors (Lipinski definition) is 2. The number of hydrogen-bond acceptors (Lipinski definition) is 8. The zero-order valence-corrected chi connectivity index (χ0v) is 25.1. The molecule has 0 aliphatic rings. The number of phenolic OH excluding ortho intramolecular Hbond substituents is 1. The number of benzene rings is 5. The SMILES string of the molecule is CC(=O)OCC(CO)Oc1ccc(-c2nc(-c3ccc(-c4ccccc4)cc3)nc(-c3ccc(-c4ccccc4)cc3)n2)c(O)c1. The van der Waals surface area contributed by atoms with Gasteiger partial charge >= 0.3 is 5.97 Å². The van der Waals surface area contributed by atoms with Gasteiger partial charge in [-0.15, -0.1) is 0 Å². The molecule has 1 atom stereocenters. The zero-order chi connectivity index (χ0) is 31.9. The number of aromatic hydroxyl groups is 1. The molecule has 0 aliphatic carbocycles. The molecule has 46 heavy (non-hydrogen) atoms. The van der Waals surface area contributed by atoms with Crippen LogP contribution in [0.4, 0.5) is 0 Å². The molecule has 6 rings (SSSR count). The average Bonchev–Trinajstić information content (AvgIpc) is 3.11. The van der Waals surface area contributed by atoms with Gasteiger partial charge in [0.05, 0.1) is 12.2 Å². The number of carbonyl (C=O) groups excluding carboxylic acids is 1. The number of phenols is 1. The Labute approximate surface area is 266 Å². The molecule has 228 valence electrons. The van der Waals surface area contributed by atoms with E-state index in [1.54, 1.807) is 12.1 Å². The third-order valence-electron chi connectivity index (χ3n) is 7.32. The Morgan fingerprint density at radius 2 is 1.09 bits per heavy atom. The fourth-order valence-electron chi connectivity index (χ4n) is 4.94.